The van der Waals surface area contributed by atoms with Gasteiger partial charge in [0, 0.05) is 30.3 Å². The zero-order chi connectivity index (χ0) is 18.5. The predicted octanol–water partition coefficient (Wildman–Crippen LogP) is 3.33. The first-order valence-electron chi connectivity index (χ1n) is 8.56. The van der Waals surface area contributed by atoms with Crippen LogP contribution in [0.3, 0.4) is 0 Å². The van der Waals surface area contributed by atoms with E-state index in [1.807, 2.05) is 0 Å². The van der Waals surface area contributed by atoms with Crippen LogP contribution in [0.2, 0.25) is 0 Å². The van der Waals surface area contributed by atoms with Gasteiger partial charge in [0.25, 0.3) is 5.91 Å². The maximum Gasteiger partial charge on any atom is 0.253 e. The smallest absolute Gasteiger partial charge is 0.253 e. The monoisotopic (exact) mass is 356 g/mol. The van der Waals surface area contributed by atoms with E-state index in [2.05, 4.69) is 5.32 Å². The Hall–Kier alpha value is -2.89. The highest BCUT2D eigenvalue weighted by Crippen LogP contribution is 2.22. The zero-order valence-electron chi connectivity index (χ0n) is 14.6. The summed E-state index contributed by atoms with van der Waals surface area (Å²) < 4.78 is 18.4. The molecule has 6 heteroatoms. The van der Waals surface area contributed by atoms with Gasteiger partial charge in [-0.2, -0.15) is 0 Å². The minimum absolute atomic E-state index is 0.0621. The Kier molecular flexibility index (Phi) is 5.51. The lowest BCUT2D eigenvalue weighted by molar-refractivity contribution is -0.121. The van der Waals surface area contributed by atoms with E-state index in [9.17, 15) is 14.0 Å². The highest BCUT2D eigenvalue weighted by molar-refractivity contribution is 5.95. The summed E-state index contributed by atoms with van der Waals surface area (Å²) in [5.41, 5.74) is 1.02. The number of carbonyl (C=O) groups is 2. The SMILES string of the molecule is COc1cccc(C(=O)N2CCC(C(=O)Nc3cccc(F)c3)CC2)c1. The average molecular weight is 356 g/mol. The quantitative estimate of drug-likeness (QED) is 0.914. The van der Waals surface area contributed by atoms with Crippen LogP contribution in [-0.4, -0.2) is 36.9 Å². The van der Waals surface area contributed by atoms with Crippen molar-refractivity contribution in [1.82, 2.24) is 4.90 Å². The van der Waals surface area contributed by atoms with Crippen LogP contribution < -0.4 is 10.1 Å². The van der Waals surface area contributed by atoms with E-state index in [0.29, 0.717) is 42.9 Å². The second-order valence-corrected chi connectivity index (χ2v) is 6.30. The maximum absolute atomic E-state index is 13.2. The van der Waals surface area contributed by atoms with Crippen molar-refractivity contribution in [2.24, 2.45) is 5.92 Å². The van der Waals surface area contributed by atoms with Crippen LogP contribution in [0, 0.1) is 11.7 Å². The van der Waals surface area contributed by atoms with Gasteiger partial charge >= 0.3 is 0 Å². The van der Waals surface area contributed by atoms with E-state index in [1.165, 1.54) is 12.1 Å². The Labute approximate surface area is 151 Å². The first-order valence-corrected chi connectivity index (χ1v) is 8.56. The molecule has 136 valence electrons. The number of anilines is 1. The number of nitrogens with one attached hydrogen (secondary N) is 1. The number of amides is 2. The lowest BCUT2D eigenvalue weighted by atomic mass is 9.95. The summed E-state index contributed by atoms with van der Waals surface area (Å²) in [5, 5.41) is 2.74. The molecule has 2 aromatic rings. The van der Waals surface area contributed by atoms with E-state index in [-0.39, 0.29) is 23.5 Å². The molecule has 0 aliphatic carbocycles. The molecule has 1 fully saturated rings. The van der Waals surface area contributed by atoms with Gasteiger partial charge in [-0.15, -0.1) is 0 Å². The van der Waals surface area contributed by atoms with Gasteiger partial charge in [-0.1, -0.05) is 12.1 Å². The molecule has 1 heterocycles. The molecule has 0 radical (unpaired) electrons. The molecule has 2 aromatic carbocycles. The topological polar surface area (TPSA) is 58.6 Å². The summed E-state index contributed by atoms with van der Waals surface area (Å²) in [6, 6.07) is 12.9. The minimum Gasteiger partial charge on any atom is -0.497 e. The summed E-state index contributed by atoms with van der Waals surface area (Å²) in [6.07, 6.45) is 1.16. The van der Waals surface area contributed by atoms with Crippen molar-refractivity contribution in [2.45, 2.75) is 12.8 Å². The first kappa shape index (κ1) is 17.9. The average Bonchev–Trinajstić information content (AvgIpc) is 2.67. The first-order chi connectivity index (χ1) is 12.6. The Bertz CT molecular complexity index is 801. The molecular weight excluding hydrogens is 335 g/mol. The predicted molar refractivity (Wildman–Crippen MR) is 96.7 cm³/mol. The molecule has 1 N–H and O–H groups in total. The van der Waals surface area contributed by atoms with Gasteiger partial charge in [0.1, 0.15) is 11.6 Å². The van der Waals surface area contributed by atoms with Gasteiger partial charge in [0.15, 0.2) is 0 Å². The van der Waals surface area contributed by atoms with E-state index in [0.717, 1.165) is 0 Å². The molecule has 0 unspecified atom stereocenters. The van der Waals surface area contributed by atoms with Crippen LogP contribution in [-0.2, 0) is 4.79 Å². The lowest BCUT2D eigenvalue weighted by Crippen LogP contribution is -2.41. The van der Waals surface area contributed by atoms with Crippen molar-refractivity contribution in [1.29, 1.82) is 0 Å². The van der Waals surface area contributed by atoms with Crippen LogP contribution in [0.25, 0.3) is 0 Å². The Balaban J connectivity index is 1.56. The number of halogens is 1. The lowest BCUT2D eigenvalue weighted by Gasteiger charge is -2.31. The largest absolute Gasteiger partial charge is 0.497 e. The summed E-state index contributed by atoms with van der Waals surface area (Å²) in [4.78, 5) is 26.7. The molecule has 0 atom stereocenters. The summed E-state index contributed by atoms with van der Waals surface area (Å²) in [7, 11) is 1.56. The van der Waals surface area contributed by atoms with Gasteiger partial charge in [-0.05, 0) is 49.2 Å². The van der Waals surface area contributed by atoms with Crippen molar-refractivity contribution in [3.63, 3.8) is 0 Å². The fourth-order valence-electron chi connectivity index (χ4n) is 3.09. The molecule has 1 saturated heterocycles. The van der Waals surface area contributed by atoms with Crippen molar-refractivity contribution < 1.29 is 18.7 Å². The van der Waals surface area contributed by atoms with Crippen LogP contribution in [0.4, 0.5) is 10.1 Å². The molecule has 0 aromatic heterocycles. The molecular formula is C20H21FN2O3. The van der Waals surface area contributed by atoms with E-state index in [4.69, 9.17) is 4.74 Å². The second-order valence-electron chi connectivity index (χ2n) is 6.30. The molecule has 5 nitrogen and oxygen atoms in total. The van der Waals surface area contributed by atoms with Gasteiger partial charge in [0.2, 0.25) is 5.91 Å². The Morgan fingerprint density at radius 1 is 1.12 bits per heavy atom. The molecule has 2 amide bonds. The maximum atomic E-state index is 13.2. The molecule has 1 aliphatic rings. The summed E-state index contributed by atoms with van der Waals surface area (Å²) >= 11 is 0. The molecule has 26 heavy (non-hydrogen) atoms. The number of methoxy groups -OCH3 is 1. The number of rotatable bonds is 4. The minimum atomic E-state index is -0.387. The fraction of sp³-hybridized carbons (Fsp3) is 0.300. The standard InChI is InChI=1S/C20H21FN2O3/c1-26-18-7-2-4-15(12-18)20(25)23-10-8-14(9-11-23)19(24)22-17-6-3-5-16(21)13-17/h2-7,12-14H,8-11H2,1H3,(H,22,24). The van der Waals surface area contributed by atoms with Gasteiger partial charge in [-0.3, -0.25) is 9.59 Å². The highest BCUT2D eigenvalue weighted by atomic mass is 19.1. The van der Waals surface area contributed by atoms with Crippen LogP contribution >= 0.6 is 0 Å². The Morgan fingerprint density at radius 2 is 1.85 bits per heavy atom. The third-order valence-corrected chi connectivity index (χ3v) is 4.56. The van der Waals surface area contributed by atoms with Crippen molar-refractivity contribution >= 4 is 17.5 Å². The Morgan fingerprint density at radius 3 is 2.54 bits per heavy atom. The number of nitrogens with zero attached hydrogens (tertiary/aromatic N) is 1. The number of carbonyl (C=O) groups excluding carboxylic acids is 2. The number of likely N-dealkylation sites (tertiary alicyclic amines) is 1. The highest BCUT2D eigenvalue weighted by Gasteiger charge is 2.28. The van der Waals surface area contributed by atoms with Crippen molar-refractivity contribution in [2.75, 3.05) is 25.5 Å². The number of hydrogen-bond acceptors (Lipinski definition) is 3. The number of benzene rings is 2. The van der Waals surface area contributed by atoms with Crippen LogP contribution in [0.5, 0.6) is 5.75 Å². The number of hydrogen-bond donors (Lipinski definition) is 1. The van der Waals surface area contributed by atoms with Crippen molar-refractivity contribution in [3.8, 4) is 5.75 Å². The number of ether oxygens (including phenoxy) is 1. The van der Waals surface area contributed by atoms with Crippen molar-refractivity contribution in [3.05, 3.63) is 59.9 Å². The third-order valence-electron chi connectivity index (χ3n) is 4.56. The molecule has 0 bridgehead atoms. The third kappa shape index (κ3) is 4.20. The fourth-order valence-corrected chi connectivity index (χ4v) is 3.09. The van der Waals surface area contributed by atoms with Gasteiger partial charge in [-0.25, -0.2) is 4.39 Å². The molecule has 1 aliphatic heterocycles. The zero-order valence-corrected chi connectivity index (χ0v) is 14.6. The van der Waals surface area contributed by atoms with Crippen LogP contribution in [0.15, 0.2) is 48.5 Å². The van der Waals surface area contributed by atoms with E-state index >= 15 is 0 Å². The second kappa shape index (κ2) is 7.99. The van der Waals surface area contributed by atoms with E-state index < -0.39 is 0 Å². The molecule has 3 rings (SSSR count). The normalized spacial score (nSPS) is 14.8. The molecule has 0 saturated carbocycles. The summed E-state index contributed by atoms with van der Waals surface area (Å²) in [5.74, 6) is -0.133. The number of piperidine rings is 1. The van der Waals surface area contributed by atoms with Gasteiger partial charge < -0.3 is 15.0 Å². The van der Waals surface area contributed by atoms with E-state index in [1.54, 1.807) is 48.4 Å². The van der Waals surface area contributed by atoms with Gasteiger partial charge in [0.05, 0.1) is 7.11 Å². The van der Waals surface area contributed by atoms with Crippen LogP contribution in [0.1, 0.15) is 23.2 Å². The molecule has 0 spiro atoms. The summed E-state index contributed by atoms with van der Waals surface area (Å²) in [6.45, 7) is 1.02.